The first-order valence-corrected chi connectivity index (χ1v) is 8.64. The Morgan fingerprint density at radius 1 is 1.20 bits per heavy atom. The maximum absolute atomic E-state index is 6.13. The van der Waals surface area contributed by atoms with E-state index in [2.05, 4.69) is 38.9 Å². The molecule has 0 saturated carbocycles. The molecule has 25 heavy (non-hydrogen) atoms. The summed E-state index contributed by atoms with van der Waals surface area (Å²) < 4.78 is 6.13. The van der Waals surface area contributed by atoms with Crippen molar-refractivity contribution in [3.8, 4) is 0 Å². The number of para-hydroxylation sites is 1. The molecule has 6 nitrogen and oxygen atoms in total. The highest BCUT2D eigenvalue weighted by molar-refractivity contribution is 6.05. The van der Waals surface area contributed by atoms with Gasteiger partial charge in [-0.1, -0.05) is 12.1 Å². The van der Waals surface area contributed by atoms with Crippen LogP contribution in [0, 0.1) is 13.8 Å². The summed E-state index contributed by atoms with van der Waals surface area (Å²) in [4.78, 5) is 11.4. The first-order chi connectivity index (χ1) is 12.2. The summed E-state index contributed by atoms with van der Waals surface area (Å²) in [5.41, 5.74) is 5.97. The van der Waals surface area contributed by atoms with Crippen molar-refractivity contribution in [2.75, 3.05) is 11.4 Å². The first-order valence-electron chi connectivity index (χ1n) is 8.64. The molecule has 6 heteroatoms. The highest BCUT2D eigenvalue weighted by Crippen LogP contribution is 2.41. The fraction of sp³-hybridized carbons (Fsp3) is 0.316. The second-order valence-electron chi connectivity index (χ2n) is 6.67. The van der Waals surface area contributed by atoms with Crippen LogP contribution in [-0.4, -0.2) is 26.7 Å². The number of nitrogens with zero attached hydrogens (tertiary/aromatic N) is 4. The molecule has 1 N–H and O–H groups in total. The zero-order chi connectivity index (χ0) is 17.0. The van der Waals surface area contributed by atoms with Gasteiger partial charge in [0.15, 0.2) is 11.4 Å². The van der Waals surface area contributed by atoms with E-state index in [4.69, 9.17) is 4.42 Å². The number of H-pyrrole nitrogens is 1. The van der Waals surface area contributed by atoms with Crippen LogP contribution in [0.3, 0.4) is 0 Å². The van der Waals surface area contributed by atoms with Crippen LogP contribution in [0.15, 0.2) is 35.0 Å². The lowest BCUT2D eigenvalue weighted by Crippen LogP contribution is -2.24. The van der Waals surface area contributed by atoms with Gasteiger partial charge in [-0.2, -0.15) is 5.10 Å². The molecule has 0 amide bonds. The number of hydrogen-bond donors (Lipinski definition) is 1. The number of anilines is 1. The summed E-state index contributed by atoms with van der Waals surface area (Å²) in [6.45, 7) is 5.10. The molecule has 1 saturated heterocycles. The van der Waals surface area contributed by atoms with Crippen molar-refractivity contribution in [2.24, 2.45) is 0 Å². The number of aromatic nitrogens is 4. The molecular formula is C19H19N5O. The van der Waals surface area contributed by atoms with E-state index in [1.807, 2.05) is 24.3 Å². The van der Waals surface area contributed by atoms with Gasteiger partial charge in [0.2, 0.25) is 0 Å². The lowest BCUT2D eigenvalue weighted by Gasteiger charge is -2.26. The maximum atomic E-state index is 6.13. The number of aryl methyl sites for hydroxylation is 2. The third kappa shape index (κ3) is 2.06. The summed E-state index contributed by atoms with van der Waals surface area (Å²) in [5.74, 6) is 0.878. The predicted octanol–water partition coefficient (Wildman–Crippen LogP) is 4.06. The molecule has 1 aliphatic rings. The zero-order valence-electron chi connectivity index (χ0n) is 14.3. The average Bonchev–Trinajstić information content (AvgIpc) is 3.31. The molecule has 1 aromatic carbocycles. The Bertz CT molecular complexity index is 1060. The van der Waals surface area contributed by atoms with Crippen molar-refractivity contribution in [3.63, 3.8) is 0 Å². The van der Waals surface area contributed by atoms with Crippen molar-refractivity contribution < 1.29 is 4.42 Å². The largest absolute Gasteiger partial charge is 0.450 e. The molecule has 0 aliphatic carbocycles. The Morgan fingerprint density at radius 2 is 2.08 bits per heavy atom. The fourth-order valence-corrected chi connectivity index (χ4v) is 4.09. The minimum Gasteiger partial charge on any atom is -0.450 e. The Kier molecular flexibility index (Phi) is 3.07. The normalized spacial score (nSPS) is 17.8. The molecule has 1 atom stereocenters. The lowest BCUT2D eigenvalue weighted by molar-refractivity contribution is 0.651. The van der Waals surface area contributed by atoms with E-state index in [1.165, 1.54) is 5.56 Å². The molecule has 1 fully saturated rings. The van der Waals surface area contributed by atoms with Crippen molar-refractivity contribution in [1.29, 1.82) is 0 Å². The van der Waals surface area contributed by atoms with E-state index in [0.29, 0.717) is 0 Å². The average molecular weight is 333 g/mol. The van der Waals surface area contributed by atoms with Gasteiger partial charge in [0.1, 0.15) is 17.4 Å². The predicted molar refractivity (Wildman–Crippen MR) is 96.7 cm³/mol. The Morgan fingerprint density at radius 3 is 2.92 bits per heavy atom. The highest BCUT2D eigenvalue weighted by Gasteiger charge is 2.32. The lowest BCUT2D eigenvalue weighted by atomic mass is 10.0. The Hall–Kier alpha value is -2.89. The SMILES string of the molecule is Cc1n[nH]c(C)c1C1CCCN1c1ncnc2c1oc1ccccc12. The monoisotopic (exact) mass is 333 g/mol. The molecule has 0 spiro atoms. The van der Waals surface area contributed by atoms with E-state index < -0.39 is 0 Å². The fourth-order valence-electron chi connectivity index (χ4n) is 4.09. The van der Waals surface area contributed by atoms with Crippen molar-refractivity contribution >= 4 is 27.9 Å². The number of rotatable bonds is 2. The molecule has 1 unspecified atom stereocenters. The zero-order valence-corrected chi connectivity index (χ0v) is 14.3. The van der Waals surface area contributed by atoms with Gasteiger partial charge in [-0.15, -0.1) is 0 Å². The topological polar surface area (TPSA) is 70.8 Å². The van der Waals surface area contributed by atoms with Crippen molar-refractivity contribution in [1.82, 2.24) is 20.2 Å². The Labute approximate surface area is 144 Å². The van der Waals surface area contributed by atoms with E-state index in [-0.39, 0.29) is 6.04 Å². The summed E-state index contributed by atoms with van der Waals surface area (Å²) in [7, 11) is 0. The van der Waals surface area contributed by atoms with Crippen LogP contribution in [0.1, 0.15) is 35.8 Å². The van der Waals surface area contributed by atoms with E-state index in [0.717, 1.165) is 58.7 Å². The number of fused-ring (bicyclic) bond motifs is 3. The summed E-state index contributed by atoms with van der Waals surface area (Å²) >= 11 is 0. The second-order valence-corrected chi connectivity index (χ2v) is 6.67. The van der Waals surface area contributed by atoms with Gasteiger partial charge in [-0.05, 0) is 38.8 Å². The van der Waals surface area contributed by atoms with Gasteiger partial charge in [0, 0.05) is 23.2 Å². The number of aromatic amines is 1. The molecule has 0 radical (unpaired) electrons. The second kappa shape index (κ2) is 5.31. The van der Waals surface area contributed by atoms with E-state index in [9.17, 15) is 0 Å². The summed E-state index contributed by atoms with van der Waals surface area (Å²) in [6, 6.07) is 8.28. The molecule has 4 aromatic rings. The smallest absolute Gasteiger partial charge is 0.196 e. The molecule has 5 rings (SSSR count). The van der Waals surface area contributed by atoms with Gasteiger partial charge < -0.3 is 9.32 Å². The molecule has 126 valence electrons. The third-order valence-electron chi connectivity index (χ3n) is 5.18. The van der Waals surface area contributed by atoms with Crippen LogP contribution in [0.2, 0.25) is 0 Å². The van der Waals surface area contributed by atoms with Crippen LogP contribution in [-0.2, 0) is 0 Å². The standard InChI is InChI=1S/C19H19N5O/c1-11-16(12(2)23-22-11)14-7-5-9-24(14)19-18-17(20-10-21-19)13-6-3-4-8-15(13)25-18/h3-4,6,8,10,14H,5,7,9H2,1-2H3,(H,22,23). The first kappa shape index (κ1) is 14.5. The molecule has 3 aromatic heterocycles. The minimum atomic E-state index is 0.269. The minimum absolute atomic E-state index is 0.269. The van der Waals surface area contributed by atoms with Crippen molar-refractivity contribution in [2.45, 2.75) is 32.7 Å². The number of hydrogen-bond acceptors (Lipinski definition) is 5. The number of benzene rings is 1. The molecule has 0 bridgehead atoms. The number of nitrogens with one attached hydrogen (secondary N) is 1. The van der Waals surface area contributed by atoms with Crippen LogP contribution >= 0.6 is 0 Å². The van der Waals surface area contributed by atoms with Crippen molar-refractivity contribution in [3.05, 3.63) is 47.5 Å². The molecule has 4 heterocycles. The van der Waals surface area contributed by atoms with Crippen LogP contribution < -0.4 is 4.90 Å². The third-order valence-corrected chi connectivity index (χ3v) is 5.18. The van der Waals surface area contributed by atoms with E-state index in [1.54, 1.807) is 6.33 Å². The maximum Gasteiger partial charge on any atom is 0.196 e. The van der Waals surface area contributed by atoms with Gasteiger partial charge in [0.25, 0.3) is 0 Å². The van der Waals surface area contributed by atoms with Crippen LogP contribution in [0.5, 0.6) is 0 Å². The highest BCUT2D eigenvalue weighted by atomic mass is 16.3. The Balaban J connectivity index is 1.70. The molecular weight excluding hydrogens is 314 g/mol. The van der Waals surface area contributed by atoms with Crippen LogP contribution in [0.25, 0.3) is 22.1 Å². The van der Waals surface area contributed by atoms with Gasteiger partial charge in [0.05, 0.1) is 11.7 Å². The van der Waals surface area contributed by atoms with Crippen LogP contribution in [0.4, 0.5) is 5.82 Å². The van der Waals surface area contributed by atoms with Gasteiger partial charge in [-0.3, -0.25) is 5.10 Å². The van der Waals surface area contributed by atoms with Gasteiger partial charge >= 0.3 is 0 Å². The van der Waals surface area contributed by atoms with Gasteiger partial charge in [-0.25, -0.2) is 9.97 Å². The number of furan rings is 1. The summed E-state index contributed by atoms with van der Waals surface area (Å²) in [6.07, 6.45) is 3.86. The van der Waals surface area contributed by atoms with E-state index >= 15 is 0 Å². The quantitative estimate of drug-likeness (QED) is 0.599. The summed E-state index contributed by atoms with van der Waals surface area (Å²) in [5, 5.41) is 8.52. The molecule has 1 aliphatic heterocycles.